The number of carbonyl (C=O) groups excluding carboxylic acids is 1. The van der Waals surface area contributed by atoms with Gasteiger partial charge in [0.2, 0.25) is 0 Å². The molecule has 0 bridgehead atoms. The number of nitrogens with zero attached hydrogens (tertiary/aromatic N) is 4. The normalized spacial score (nSPS) is 10.8. The first-order chi connectivity index (χ1) is 13.0. The second kappa shape index (κ2) is 8.22. The van der Waals surface area contributed by atoms with Crippen molar-refractivity contribution in [1.82, 2.24) is 30.4 Å². The number of halogens is 1. The molecule has 0 aliphatic rings. The topological polar surface area (TPSA) is 96.8 Å². The van der Waals surface area contributed by atoms with E-state index < -0.39 is 0 Å². The molecule has 0 saturated heterocycles. The van der Waals surface area contributed by atoms with Gasteiger partial charge in [0.15, 0.2) is 5.65 Å². The van der Waals surface area contributed by atoms with Crippen molar-refractivity contribution in [3.63, 3.8) is 0 Å². The van der Waals surface area contributed by atoms with Gasteiger partial charge in [0.25, 0.3) is 0 Å². The minimum Gasteiger partial charge on any atom is -0.368 e. The van der Waals surface area contributed by atoms with Crippen LogP contribution in [-0.4, -0.2) is 45.4 Å². The molecule has 142 valence electrons. The number of aryl methyl sites for hydroxylation is 2. The summed E-state index contributed by atoms with van der Waals surface area (Å²) in [6.07, 6.45) is 0. The molecule has 0 atom stereocenters. The lowest BCUT2D eigenvalue weighted by molar-refractivity contribution is 0.242. The maximum Gasteiger partial charge on any atom is 0.314 e. The second-order valence-electron chi connectivity index (χ2n) is 5.98. The number of amides is 2. The molecule has 2 heterocycles. The maximum atomic E-state index is 11.5. The van der Waals surface area contributed by atoms with Crippen molar-refractivity contribution in [2.24, 2.45) is 0 Å². The van der Waals surface area contributed by atoms with Crippen LogP contribution in [0.3, 0.4) is 0 Å². The van der Waals surface area contributed by atoms with Crippen LogP contribution >= 0.6 is 11.6 Å². The van der Waals surface area contributed by atoms with Gasteiger partial charge in [-0.05, 0) is 32.9 Å². The third kappa shape index (κ3) is 4.11. The molecule has 3 rings (SSSR count). The molecule has 1 aromatic carbocycles. The summed E-state index contributed by atoms with van der Waals surface area (Å²) in [5.74, 6) is 1.31. The highest BCUT2D eigenvalue weighted by molar-refractivity contribution is 6.32. The molecule has 0 saturated carbocycles. The molecule has 2 amide bonds. The molecule has 8 nitrogen and oxygen atoms in total. The van der Waals surface area contributed by atoms with Crippen LogP contribution in [0.5, 0.6) is 0 Å². The number of carbonyl (C=O) groups is 1. The van der Waals surface area contributed by atoms with Crippen molar-refractivity contribution in [3.8, 4) is 5.69 Å². The number of rotatable bonds is 6. The number of nitrogens with one attached hydrogen (secondary N) is 3. The fourth-order valence-corrected chi connectivity index (χ4v) is 3.01. The SMILES string of the molecule is CCNC(=O)NCCNc1nc(C)nc2c1c(C)nn2-c1ccccc1Cl. The van der Waals surface area contributed by atoms with Gasteiger partial charge < -0.3 is 16.0 Å². The number of urea groups is 1. The molecule has 0 aliphatic carbocycles. The zero-order chi connectivity index (χ0) is 19.4. The molecule has 0 aliphatic heterocycles. The summed E-state index contributed by atoms with van der Waals surface area (Å²) in [6, 6.07) is 7.31. The molecule has 3 N–H and O–H groups in total. The highest BCUT2D eigenvalue weighted by Crippen LogP contribution is 2.28. The first-order valence-electron chi connectivity index (χ1n) is 8.75. The Morgan fingerprint density at radius 3 is 2.67 bits per heavy atom. The molecule has 0 radical (unpaired) electrons. The van der Waals surface area contributed by atoms with Gasteiger partial charge in [0.05, 0.1) is 21.8 Å². The molecular formula is C18H22ClN7O. The number of hydrogen-bond donors (Lipinski definition) is 3. The largest absolute Gasteiger partial charge is 0.368 e. The van der Waals surface area contributed by atoms with Gasteiger partial charge in [-0.15, -0.1) is 0 Å². The standard InChI is InChI=1S/C18H22ClN7O/c1-4-20-18(27)22-10-9-21-16-15-11(2)25-26(17(15)24-12(3)23-16)14-8-6-5-7-13(14)19/h5-8H,4,9-10H2,1-3H3,(H2,20,22,27)(H,21,23,24). The average Bonchev–Trinajstić information content (AvgIpc) is 2.95. The molecule has 0 spiro atoms. The molecule has 3 aromatic rings. The van der Waals surface area contributed by atoms with Gasteiger partial charge in [-0.2, -0.15) is 5.10 Å². The van der Waals surface area contributed by atoms with Crippen LogP contribution in [0.15, 0.2) is 24.3 Å². The van der Waals surface area contributed by atoms with Crippen LogP contribution in [-0.2, 0) is 0 Å². The Hall–Kier alpha value is -2.87. The van der Waals surface area contributed by atoms with Crippen LogP contribution in [0.25, 0.3) is 16.7 Å². The summed E-state index contributed by atoms with van der Waals surface area (Å²) in [7, 11) is 0. The average molecular weight is 388 g/mol. The van der Waals surface area contributed by atoms with Crippen LogP contribution in [0.1, 0.15) is 18.4 Å². The Morgan fingerprint density at radius 1 is 1.15 bits per heavy atom. The summed E-state index contributed by atoms with van der Waals surface area (Å²) in [5, 5.41) is 14.8. The van der Waals surface area contributed by atoms with Crippen LogP contribution in [0, 0.1) is 13.8 Å². The Balaban J connectivity index is 1.89. The lowest BCUT2D eigenvalue weighted by atomic mass is 10.3. The number of benzene rings is 1. The number of fused-ring (bicyclic) bond motifs is 1. The maximum absolute atomic E-state index is 11.5. The highest BCUT2D eigenvalue weighted by atomic mass is 35.5. The third-order valence-electron chi connectivity index (χ3n) is 3.94. The van der Waals surface area contributed by atoms with Crippen molar-refractivity contribution in [1.29, 1.82) is 0 Å². The van der Waals surface area contributed by atoms with Crippen molar-refractivity contribution >= 4 is 34.5 Å². The first-order valence-corrected chi connectivity index (χ1v) is 9.13. The summed E-state index contributed by atoms with van der Waals surface area (Å²) in [4.78, 5) is 20.5. The predicted molar refractivity (Wildman–Crippen MR) is 107 cm³/mol. The monoisotopic (exact) mass is 387 g/mol. The fraction of sp³-hybridized carbons (Fsp3) is 0.333. The molecule has 0 fully saturated rings. The number of aromatic nitrogens is 4. The van der Waals surface area contributed by atoms with Crippen molar-refractivity contribution in [3.05, 3.63) is 40.8 Å². The molecule has 27 heavy (non-hydrogen) atoms. The van der Waals surface area contributed by atoms with E-state index in [4.69, 9.17) is 11.6 Å². The third-order valence-corrected chi connectivity index (χ3v) is 4.25. The van der Waals surface area contributed by atoms with E-state index in [0.717, 1.165) is 16.8 Å². The van der Waals surface area contributed by atoms with E-state index in [-0.39, 0.29) is 6.03 Å². The van der Waals surface area contributed by atoms with Crippen LogP contribution < -0.4 is 16.0 Å². The van der Waals surface area contributed by atoms with Crippen LogP contribution in [0.2, 0.25) is 5.02 Å². The minimum absolute atomic E-state index is 0.189. The lowest BCUT2D eigenvalue weighted by Crippen LogP contribution is -2.37. The molecule has 0 unspecified atom stereocenters. The smallest absolute Gasteiger partial charge is 0.314 e. The zero-order valence-electron chi connectivity index (χ0n) is 15.5. The predicted octanol–water partition coefficient (Wildman–Crippen LogP) is 2.82. The molecular weight excluding hydrogens is 366 g/mol. The van der Waals surface area contributed by atoms with E-state index in [2.05, 4.69) is 31.0 Å². The summed E-state index contributed by atoms with van der Waals surface area (Å²) < 4.78 is 1.74. The highest BCUT2D eigenvalue weighted by Gasteiger charge is 2.17. The number of hydrogen-bond acceptors (Lipinski definition) is 5. The van der Waals surface area contributed by atoms with Gasteiger partial charge in [0, 0.05) is 19.6 Å². The Morgan fingerprint density at radius 2 is 1.93 bits per heavy atom. The van der Waals surface area contributed by atoms with Crippen molar-refractivity contribution in [2.75, 3.05) is 25.0 Å². The zero-order valence-corrected chi connectivity index (χ0v) is 16.3. The van der Waals surface area contributed by atoms with E-state index >= 15 is 0 Å². The summed E-state index contributed by atoms with van der Waals surface area (Å²) in [5.41, 5.74) is 2.25. The van der Waals surface area contributed by atoms with E-state index in [1.807, 2.05) is 45.0 Å². The van der Waals surface area contributed by atoms with Gasteiger partial charge in [0.1, 0.15) is 11.6 Å². The minimum atomic E-state index is -0.189. The van der Waals surface area contributed by atoms with Gasteiger partial charge >= 0.3 is 6.03 Å². The lowest BCUT2D eigenvalue weighted by Gasteiger charge is -2.10. The van der Waals surface area contributed by atoms with Gasteiger partial charge in [-0.25, -0.2) is 19.4 Å². The van der Waals surface area contributed by atoms with E-state index in [1.54, 1.807) is 4.68 Å². The van der Waals surface area contributed by atoms with E-state index in [9.17, 15) is 4.79 Å². The molecule has 9 heteroatoms. The van der Waals surface area contributed by atoms with E-state index in [1.165, 1.54) is 0 Å². The fourth-order valence-electron chi connectivity index (χ4n) is 2.79. The van der Waals surface area contributed by atoms with Gasteiger partial charge in [-0.3, -0.25) is 0 Å². The van der Waals surface area contributed by atoms with Crippen molar-refractivity contribution < 1.29 is 4.79 Å². The Kier molecular flexibility index (Phi) is 5.75. The second-order valence-corrected chi connectivity index (χ2v) is 6.39. The van der Waals surface area contributed by atoms with Crippen LogP contribution in [0.4, 0.5) is 10.6 Å². The summed E-state index contributed by atoms with van der Waals surface area (Å²) >= 11 is 6.34. The Bertz CT molecular complexity index is 970. The Labute approximate surface area is 162 Å². The van der Waals surface area contributed by atoms with Gasteiger partial charge in [-0.1, -0.05) is 23.7 Å². The van der Waals surface area contributed by atoms with Crippen molar-refractivity contribution in [2.45, 2.75) is 20.8 Å². The quantitative estimate of drug-likeness (QED) is 0.565. The van der Waals surface area contributed by atoms with E-state index in [0.29, 0.717) is 41.9 Å². The number of para-hydroxylation sites is 1. The first kappa shape index (κ1) is 18.9. The number of anilines is 1. The summed E-state index contributed by atoms with van der Waals surface area (Å²) in [6.45, 7) is 7.19. The molecule has 2 aromatic heterocycles.